The number of rotatable bonds is 5. The summed E-state index contributed by atoms with van der Waals surface area (Å²) in [5, 5.41) is 13.9. The molecule has 0 atom stereocenters. The van der Waals surface area contributed by atoms with Crippen LogP contribution in [0.2, 0.25) is 0 Å². The van der Waals surface area contributed by atoms with Gasteiger partial charge >= 0.3 is 0 Å². The monoisotopic (exact) mass is 294 g/mol. The maximum atomic E-state index is 11.9. The van der Waals surface area contributed by atoms with E-state index in [1.807, 2.05) is 0 Å². The Hall–Kier alpha value is -1.96. The zero-order valence-corrected chi connectivity index (χ0v) is 12.5. The van der Waals surface area contributed by atoms with Crippen molar-refractivity contribution >= 4 is 11.8 Å². The average molecular weight is 294 g/mol. The molecule has 1 fully saturated rings. The number of carbonyl (C=O) groups is 2. The molecule has 116 valence electrons. The van der Waals surface area contributed by atoms with Crippen LogP contribution in [0.15, 0.2) is 6.20 Å². The summed E-state index contributed by atoms with van der Waals surface area (Å²) in [5.41, 5.74) is 0.297. The minimum absolute atomic E-state index is 0.0198. The van der Waals surface area contributed by atoms with Crippen LogP contribution >= 0.6 is 0 Å². The fraction of sp³-hybridized carbons (Fsp3) is 0.692. The zero-order chi connectivity index (χ0) is 15.2. The first-order valence-electron chi connectivity index (χ1n) is 7.19. The number of carbonyl (C=O) groups excluding carboxylic acids is 2. The van der Waals surface area contributed by atoms with Crippen molar-refractivity contribution in [1.29, 1.82) is 0 Å². The van der Waals surface area contributed by atoms with E-state index < -0.39 is 0 Å². The van der Waals surface area contributed by atoms with E-state index in [1.165, 1.54) is 4.90 Å². The third-order valence-electron chi connectivity index (χ3n) is 3.55. The van der Waals surface area contributed by atoms with Crippen LogP contribution in [0, 0.1) is 0 Å². The number of aromatic nitrogens is 3. The molecule has 1 aliphatic rings. The van der Waals surface area contributed by atoms with Crippen molar-refractivity contribution in [3.8, 4) is 0 Å². The van der Waals surface area contributed by atoms with Crippen LogP contribution < -0.4 is 10.6 Å². The Morgan fingerprint density at radius 1 is 1.43 bits per heavy atom. The molecule has 0 aromatic carbocycles. The summed E-state index contributed by atoms with van der Waals surface area (Å²) >= 11 is 0. The molecule has 0 bridgehead atoms. The van der Waals surface area contributed by atoms with Crippen molar-refractivity contribution in [2.24, 2.45) is 0 Å². The van der Waals surface area contributed by atoms with Crippen LogP contribution in [0.1, 0.15) is 35.8 Å². The van der Waals surface area contributed by atoms with Gasteiger partial charge in [0.2, 0.25) is 5.91 Å². The summed E-state index contributed by atoms with van der Waals surface area (Å²) in [6.07, 6.45) is 3.93. The van der Waals surface area contributed by atoms with Crippen LogP contribution in [0.25, 0.3) is 0 Å². The van der Waals surface area contributed by atoms with Crippen LogP contribution in [0.4, 0.5) is 0 Å². The average Bonchev–Trinajstić information content (AvgIpc) is 2.97. The minimum atomic E-state index is -0.290. The Labute approximate surface area is 123 Å². The van der Waals surface area contributed by atoms with E-state index in [2.05, 4.69) is 20.9 Å². The third kappa shape index (κ3) is 4.25. The van der Waals surface area contributed by atoms with Crippen LogP contribution in [-0.2, 0) is 4.79 Å². The van der Waals surface area contributed by atoms with Crippen molar-refractivity contribution in [3.05, 3.63) is 11.9 Å². The second kappa shape index (κ2) is 7.16. The molecule has 1 aliphatic heterocycles. The van der Waals surface area contributed by atoms with Gasteiger partial charge in [-0.25, -0.2) is 4.68 Å². The number of piperidine rings is 1. The SMILES string of the molecule is CN(C)C(=O)CCNC(=O)c1cn(C2CCNCC2)nn1. The molecule has 2 N–H and O–H groups in total. The van der Waals surface area contributed by atoms with Crippen molar-refractivity contribution in [2.45, 2.75) is 25.3 Å². The number of hydrogen-bond acceptors (Lipinski definition) is 5. The van der Waals surface area contributed by atoms with Gasteiger partial charge in [0.25, 0.3) is 5.91 Å². The number of amides is 2. The quantitative estimate of drug-likeness (QED) is 0.757. The highest BCUT2D eigenvalue weighted by atomic mass is 16.2. The Morgan fingerprint density at radius 3 is 2.81 bits per heavy atom. The molecule has 0 radical (unpaired) electrons. The van der Waals surface area contributed by atoms with E-state index in [-0.39, 0.29) is 18.2 Å². The van der Waals surface area contributed by atoms with Gasteiger partial charge in [-0.2, -0.15) is 0 Å². The van der Waals surface area contributed by atoms with Gasteiger partial charge in [-0.3, -0.25) is 9.59 Å². The molecule has 8 heteroatoms. The summed E-state index contributed by atoms with van der Waals surface area (Å²) in [6.45, 7) is 2.22. The van der Waals surface area contributed by atoms with Crippen LogP contribution in [0.5, 0.6) is 0 Å². The van der Waals surface area contributed by atoms with Crippen molar-refractivity contribution in [3.63, 3.8) is 0 Å². The lowest BCUT2D eigenvalue weighted by Crippen LogP contribution is -2.30. The molecule has 0 saturated carbocycles. The lowest BCUT2D eigenvalue weighted by Gasteiger charge is -2.22. The molecule has 1 aromatic rings. The van der Waals surface area contributed by atoms with Crippen molar-refractivity contribution in [2.75, 3.05) is 33.7 Å². The Bertz CT molecular complexity index is 493. The molecule has 0 spiro atoms. The van der Waals surface area contributed by atoms with E-state index in [1.54, 1.807) is 25.0 Å². The number of nitrogens with one attached hydrogen (secondary N) is 2. The first-order valence-corrected chi connectivity index (χ1v) is 7.19. The largest absolute Gasteiger partial charge is 0.350 e. The summed E-state index contributed by atoms with van der Waals surface area (Å²) in [5.74, 6) is -0.310. The van der Waals surface area contributed by atoms with E-state index >= 15 is 0 Å². The second-order valence-corrected chi connectivity index (χ2v) is 5.36. The van der Waals surface area contributed by atoms with Crippen LogP contribution in [0.3, 0.4) is 0 Å². The van der Waals surface area contributed by atoms with Crippen LogP contribution in [-0.4, -0.2) is 65.4 Å². The maximum Gasteiger partial charge on any atom is 0.273 e. The van der Waals surface area contributed by atoms with E-state index in [4.69, 9.17) is 0 Å². The maximum absolute atomic E-state index is 11.9. The summed E-state index contributed by atoms with van der Waals surface area (Å²) in [7, 11) is 3.38. The predicted molar refractivity (Wildman–Crippen MR) is 76.8 cm³/mol. The Kier molecular flexibility index (Phi) is 5.26. The molecule has 8 nitrogen and oxygen atoms in total. The molecule has 0 unspecified atom stereocenters. The molecule has 0 aliphatic carbocycles. The summed E-state index contributed by atoms with van der Waals surface area (Å²) in [6, 6.07) is 0.301. The lowest BCUT2D eigenvalue weighted by atomic mass is 10.1. The van der Waals surface area contributed by atoms with Crippen molar-refractivity contribution < 1.29 is 9.59 Å². The molecule has 2 heterocycles. The number of hydrogen-bond donors (Lipinski definition) is 2. The van der Waals surface area contributed by atoms with Gasteiger partial charge in [0.15, 0.2) is 5.69 Å². The molecule has 2 amide bonds. The Morgan fingerprint density at radius 2 is 2.14 bits per heavy atom. The van der Waals surface area contributed by atoms with E-state index in [0.717, 1.165) is 25.9 Å². The van der Waals surface area contributed by atoms with E-state index in [0.29, 0.717) is 18.3 Å². The lowest BCUT2D eigenvalue weighted by molar-refractivity contribution is -0.128. The molecular formula is C13H22N6O2. The van der Waals surface area contributed by atoms with Gasteiger partial charge in [0.1, 0.15) is 0 Å². The molecular weight excluding hydrogens is 272 g/mol. The normalized spacial score (nSPS) is 15.7. The van der Waals surface area contributed by atoms with Gasteiger partial charge in [-0.1, -0.05) is 5.21 Å². The van der Waals surface area contributed by atoms with Gasteiger partial charge in [0.05, 0.1) is 12.2 Å². The first kappa shape index (κ1) is 15.4. The predicted octanol–water partition coefficient (Wildman–Crippen LogP) is -0.589. The zero-order valence-electron chi connectivity index (χ0n) is 12.5. The van der Waals surface area contributed by atoms with Gasteiger partial charge in [0, 0.05) is 27.1 Å². The summed E-state index contributed by atoms with van der Waals surface area (Å²) in [4.78, 5) is 24.8. The Balaban J connectivity index is 1.83. The second-order valence-electron chi connectivity index (χ2n) is 5.36. The van der Waals surface area contributed by atoms with Gasteiger partial charge in [-0.05, 0) is 25.9 Å². The van der Waals surface area contributed by atoms with Gasteiger partial charge < -0.3 is 15.5 Å². The molecule has 21 heavy (non-hydrogen) atoms. The van der Waals surface area contributed by atoms with Crippen molar-refractivity contribution in [1.82, 2.24) is 30.5 Å². The molecule has 1 aromatic heterocycles. The fourth-order valence-electron chi connectivity index (χ4n) is 2.23. The summed E-state index contributed by atoms with van der Waals surface area (Å²) < 4.78 is 1.76. The number of nitrogens with zero attached hydrogens (tertiary/aromatic N) is 4. The third-order valence-corrected chi connectivity index (χ3v) is 3.55. The minimum Gasteiger partial charge on any atom is -0.350 e. The molecule has 2 rings (SSSR count). The highest BCUT2D eigenvalue weighted by Gasteiger charge is 2.18. The first-order chi connectivity index (χ1) is 10.1. The van der Waals surface area contributed by atoms with Gasteiger partial charge in [-0.15, -0.1) is 5.10 Å². The highest BCUT2D eigenvalue weighted by molar-refractivity contribution is 5.92. The van der Waals surface area contributed by atoms with E-state index in [9.17, 15) is 9.59 Å². The molecule has 1 saturated heterocycles. The topological polar surface area (TPSA) is 92.2 Å². The highest BCUT2D eigenvalue weighted by Crippen LogP contribution is 2.16. The fourth-order valence-corrected chi connectivity index (χ4v) is 2.23. The smallest absolute Gasteiger partial charge is 0.273 e. The standard InChI is InChI=1S/C13H22N6O2/c1-18(2)12(20)5-8-15-13(21)11-9-19(17-16-11)10-3-6-14-7-4-10/h9-10,14H,3-8H2,1-2H3,(H,15,21).